The fraction of sp³-hybridized carbons (Fsp3) is 0.111. The zero-order chi connectivity index (χ0) is 16.2. The van der Waals surface area contributed by atoms with Crippen LogP contribution in [0.5, 0.6) is 0 Å². The molecule has 23 heavy (non-hydrogen) atoms. The number of benzene rings is 2. The first kappa shape index (κ1) is 15.8. The molecule has 5 heteroatoms. The van der Waals surface area contributed by atoms with Crippen molar-refractivity contribution in [2.24, 2.45) is 0 Å². The zero-order valence-electron chi connectivity index (χ0n) is 12.5. The maximum Gasteiger partial charge on any atom is 0.234 e. The van der Waals surface area contributed by atoms with Crippen LogP contribution < -0.4 is 5.32 Å². The number of aromatic nitrogens is 1. The monoisotopic (exact) mass is 342 g/mol. The van der Waals surface area contributed by atoms with E-state index in [-0.39, 0.29) is 5.91 Å². The first-order valence-corrected chi connectivity index (χ1v) is 8.53. The van der Waals surface area contributed by atoms with Crippen molar-refractivity contribution in [3.63, 3.8) is 0 Å². The third-order valence-corrected chi connectivity index (χ3v) is 4.57. The largest absolute Gasteiger partial charge is 0.325 e. The lowest BCUT2D eigenvalue weighted by Crippen LogP contribution is -2.14. The molecule has 2 aromatic carbocycles. The fourth-order valence-corrected chi connectivity index (χ4v) is 3.10. The molecule has 3 nitrogen and oxygen atoms in total. The highest BCUT2D eigenvalue weighted by Crippen LogP contribution is 2.24. The van der Waals surface area contributed by atoms with Gasteiger partial charge in [0, 0.05) is 21.0 Å². The molecule has 3 aromatic rings. The minimum atomic E-state index is -0.0410. The summed E-state index contributed by atoms with van der Waals surface area (Å²) in [5, 5.41) is 4.62. The number of nitrogens with zero attached hydrogens (tertiary/aromatic N) is 1. The highest BCUT2D eigenvalue weighted by Gasteiger charge is 2.08. The maximum atomic E-state index is 12.2. The van der Waals surface area contributed by atoms with Gasteiger partial charge in [0.15, 0.2) is 0 Å². The number of carbonyl (C=O) groups is 1. The van der Waals surface area contributed by atoms with E-state index in [9.17, 15) is 4.79 Å². The van der Waals surface area contributed by atoms with Crippen molar-refractivity contribution < 1.29 is 4.79 Å². The average molecular weight is 343 g/mol. The van der Waals surface area contributed by atoms with Gasteiger partial charge >= 0.3 is 0 Å². The van der Waals surface area contributed by atoms with Gasteiger partial charge in [0.1, 0.15) is 0 Å². The number of nitrogens with one attached hydrogen (secondary N) is 1. The first-order chi connectivity index (χ1) is 11.1. The molecular weight excluding hydrogens is 328 g/mol. The first-order valence-electron chi connectivity index (χ1n) is 7.16. The number of hydrogen-bond acceptors (Lipinski definition) is 3. The van der Waals surface area contributed by atoms with E-state index in [0.29, 0.717) is 10.8 Å². The van der Waals surface area contributed by atoms with Gasteiger partial charge in [-0.3, -0.25) is 9.78 Å². The summed E-state index contributed by atoms with van der Waals surface area (Å²) in [5.41, 5.74) is 2.56. The number of anilines is 1. The number of fused-ring (bicyclic) bond motifs is 1. The molecule has 1 heterocycles. The normalized spacial score (nSPS) is 10.7. The Hall–Kier alpha value is -2.04. The second-order valence-corrected chi connectivity index (χ2v) is 6.60. The topological polar surface area (TPSA) is 42.0 Å². The van der Waals surface area contributed by atoms with Gasteiger partial charge in [-0.2, -0.15) is 0 Å². The van der Waals surface area contributed by atoms with Gasteiger partial charge in [-0.25, -0.2) is 0 Å². The van der Waals surface area contributed by atoms with Crippen LogP contribution in [0.2, 0.25) is 5.02 Å². The molecule has 0 aliphatic carbocycles. The van der Waals surface area contributed by atoms with Crippen LogP contribution in [0.4, 0.5) is 5.69 Å². The van der Waals surface area contributed by atoms with E-state index in [1.54, 1.807) is 0 Å². The standard InChI is InChI=1S/C18H15ClN2OS/c1-12-10-17(15-4-2-3-5-16(15)20-12)21-18(22)11-23-14-8-6-13(19)7-9-14/h2-10H,11H2,1H3,(H,20,21,22). The van der Waals surface area contributed by atoms with E-state index < -0.39 is 0 Å². The van der Waals surface area contributed by atoms with Crippen molar-refractivity contribution in [1.29, 1.82) is 0 Å². The number of halogens is 1. The number of thioether (sulfide) groups is 1. The summed E-state index contributed by atoms with van der Waals surface area (Å²) in [4.78, 5) is 17.7. The van der Waals surface area contributed by atoms with E-state index in [2.05, 4.69) is 10.3 Å². The molecule has 0 fully saturated rings. The Morgan fingerprint density at radius 3 is 2.70 bits per heavy atom. The second kappa shape index (κ2) is 7.02. The molecule has 1 N–H and O–H groups in total. The summed E-state index contributed by atoms with van der Waals surface area (Å²) < 4.78 is 0. The summed E-state index contributed by atoms with van der Waals surface area (Å²) in [6.07, 6.45) is 0. The van der Waals surface area contributed by atoms with Gasteiger partial charge in [-0.05, 0) is 43.3 Å². The molecule has 116 valence electrons. The number of rotatable bonds is 4. The van der Waals surface area contributed by atoms with E-state index in [1.807, 2.05) is 61.5 Å². The van der Waals surface area contributed by atoms with Crippen LogP contribution in [0.1, 0.15) is 5.69 Å². The minimum absolute atomic E-state index is 0.0410. The number of carbonyl (C=O) groups excluding carboxylic acids is 1. The highest BCUT2D eigenvalue weighted by atomic mass is 35.5. The highest BCUT2D eigenvalue weighted by molar-refractivity contribution is 8.00. The minimum Gasteiger partial charge on any atom is -0.325 e. The lowest BCUT2D eigenvalue weighted by atomic mass is 10.1. The molecule has 0 saturated carbocycles. The summed E-state index contributed by atoms with van der Waals surface area (Å²) in [6.45, 7) is 1.92. The number of amides is 1. The van der Waals surface area contributed by atoms with Crippen LogP contribution in [0.15, 0.2) is 59.5 Å². The molecule has 0 radical (unpaired) electrons. The summed E-state index contributed by atoms with van der Waals surface area (Å²) in [5.74, 6) is 0.304. The predicted octanol–water partition coefficient (Wildman–Crippen LogP) is 4.93. The molecule has 1 aromatic heterocycles. The predicted molar refractivity (Wildman–Crippen MR) is 97.3 cm³/mol. The van der Waals surface area contributed by atoms with Crippen LogP contribution in [-0.4, -0.2) is 16.6 Å². The summed E-state index contributed by atoms with van der Waals surface area (Å²) in [7, 11) is 0. The van der Waals surface area contributed by atoms with Gasteiger partial charge in [-0.1, -0.05) is 29.8 Å². The SMILES string of the molecule is Cc1cc(NC(=O)CSc2ccc(Cl)cc2)c2ccccc2n1. The van der Waals surface area contributed by atoms with Gasteiger partial charge in [0.25, 0.3) is 0 Å². The molecule has 0 unspecified atom stereocenters. The van der Waals surface area contributed by atoms with Crippen molar-refractivity contribution in [3.8, 4) is 0 Å². The molecule has 0 aliphatic rings. The lowest BCUT2D eigenvalue weighted by molar-refractivity contribution is -0.113. The molecule has 0 aliphatic heterocycles. The third kappa shape index (κ3) is 4.03. The average Bonchev–Trinajstić information content (AvgIpc) is 2.54. The Morgan fingerprint density at radius 2 is 1.91 bits per heavy atom. The second-order valence-electron chi connectivity index (χ2n) is 5.12. The van der Waals surface area contributed by atoms with Gasteiger partial charge in [0.05, 0.1) is 17.0 Å². The maximum absolute atomic E-state index is 12.2. The summed E-state index contributed by atoms with van der Waals surface area (Å²) >= 11 is 7.34. The van der Waals surface area contributed by atoms with Crippen molar-refractivity contribution >= 4 is 45.9 Å². The lowest BCUT2D eigenvalue weighted by Gasteiger charge is -2.09. The Bertz CT molecular complexity index is 849. The third-order valence-electron chi connectivity index (χ3n) is 3.30. The fourth-order valence-electron chi connectivity index (χ4n) is 2.28. The van der Waals surface area contributed by atoms with E-state index >= 15 is 0 Å². The quantitative estimate of drug-likeness (QED) is 0.684. The number of hydrogen-bond donors (Lipinski definition) is 1. The van der Waals surface area contributed by atoms with Crippen LogP contribution >= 0.6 is 23.4 Å². The smallest absolute Gasteiger partial charge is 0.234 e. The van der Waals surface area contributed by atoms with Gasteiger partial charge < -0.3 is 5.32 Å². The Balaban J connectivity index is 1.71. The molecule has 0 spiro atoms. The zero-order valence-corrected chi connectivity index (χ0v) is 14.1. The van der Waals surface area contributed by atoms with Crippen LogP contribution in [0.3, 0.4) is 0 Å². The molecule has 3 rings (SSSR count). The molecular formula is C18H15ClN2OS. The van der Waals surface area contributed by atoms with Crippen LogP contribution in [-0.2, 0) is 4.79 Å². The van der Waals surface area contributed by atoms with Crippen molar-refractivity contribution in [2.75, 3.05) is 11.1 Å². The number of para-hydroxylation sites is 1. The van der Waals surface area contributed by atoms with E-state index in [4.69, 9.17) is 11.6 Å². The van der Waals surface area contributed by atoms with E-state index in [1.165, 1.54) is 11.8 Å². The number of aryl methyl sites for hydroxylation is 1. The Kier molecular flexibility index (Phi) is 4.84. The van der Waals surface area contributed by atoms with Crippen molar-refractivity contribution in [3.05, 3.63) is 65.3 Å². The summed E-state index contributed by atoms with van der Waals surface area (Å²) in [6, 6.07) is 17.1. The van der Waals surface area contributed by atoms with Crippen molar-refractivity contribution in [2.45, 2.75) is 11.8 Å². The van der Waals surface area contributed by atoms with Crippen LogP contribution in [0, 0.1) is 6.92 Å². The van der Waals surface area contributed by atoms with Gasteiger partial charge in [0.2, 0.25) is 5.91 Å². The molecule has 0 atom stereocenters. The molecule has 0 bridgehead atoms. The Labute approximate surface area is 144 Å². The Morgan fingerprint density at radius 1 is 1.17 bits per heavy atom. The van der Waals surface area contributed by atoms with Crippen LogP contribution in [0.25, 0.3) is 10.9 Å². The van der Waals surface area contributed by atoms with E-state index in [0.717, 1.165) is 27.2 Å². The van der Waals surface area contributed by atoms with Crippen molar-refractivity contribution in [1.82, 2.24) is 4.98 Å². The van der Waals surface area contributed by atoms with Gasteiger partial charge in [-0.15, -0.1) is 11.8 Å². The number of pyridine rings is 1. The molecule has 1 amide bonds. The molecule has 0 saturated heterocycles.